The normalized spacial score (nSPS) is 20.8. The van der Waals surface area contributed by atoms with E-state index in [1.807, 2.05) is 18.2 Å². The molecule has 0 nitrogen and oxygen atoms in total. The summed E-state index contributed by atoms with van der Waals surface area (Å²) < 4.78 is 14.2. The summed E-state index contributed by atoms with van der Waals surface area (Å²) in [6, 6.07) is 14.4. The molecule has 0 aliphatic heterocycles. The Morgan fingerprint density at radius 3 is 2.29 bits per heavy atom. The number of rotatable bonds is 5. The van der Waals surface area contributed by atoms with Crippen molar-refractivity contribution < 1.29 is 4.39 Å². The van der Waals surface area contributed by atoms with Crippen molar-refractivity contribution in [3.63, 3.8) is 0 Å². The molecule has 0 aromatic heterocycles. The summed E-state index contributed by atoms with van der Waals surface area (Å²) in [5.74, 6) is 1.47. The van der Waals surface area contributed by atoms with E-state index in [1.54, 1.807) is 6.07 Å². The first-order valence-corrected chi connectivity index (χ1v) is 9.17. The van der Waals surface area contributed by atoms with Crippen LogP contribution in [0, 0.1) is 11.7 Å². The third-order valence-corrected chi connectivity index (χ3v) is 5.40. The molecule has 1 aliphatic carbocycles. The Bertz CT molecular complexity index is 676. The SMILES string of the molecule is C=CCCc1ccc(-c2ccc(C3CCC(C)CC3)cc2)cc1F. The molecule has 1 aliphatic rings. The molecule has 0 radical (unpaired) electrons. The molecule has 0 amide bonds. The standard InChI is InChI=1S/C23H27F/c1-3-4-5-21-14-15-22(16-23(21)24)20-12-10-19(11-13-20)18-8-6-17(2)7-9-18/h3,10-18H,1,4-9H2,2H3. The maximum atomic E-state index is 14.2. The Labute approximate surface area is 145 Å². The predicted octanol–water partition coefficient (Wildman–Crippen LogP) is 6.91. The first-order chi connectivity index (χ1) is 11.7. The quantitative estimate of drug-likeness (QED) is 0.525. The summed E-state index contributed by atoms with van der Waals surface area (Å²) >= 11 is 0. The molecule has 0 saturated heterocycles. The lowest BCUT2D eigenvalue weighted by molar-refractivity contribution is 0.348. The van der Waals surface area contributed by atoms with Gasteiger partial charge >= 0.3 is 0 Å². The molecule has 1 saturated carbocycles. The van der Waals surface area contributed by atoms with Crippen LogP contribution < -0.4 is 0 Å². The van der Waals surface area contributed by atoms with E-state index in [0.717, 1.165) is 29.0 Å². The molecule has 1 heteroatoms. The van der Waals surface area contributed by atoms with Crippen LogP contribution in [-0.4, -0.2) is 0 Å². The minimum absolute atomic E-state index is 0.111. The minimum Gasteiger partial charge on any atom is -0.207 e. The monoisotopic (exact) mass is 322 g/mol. The van der Waals surface area contributed by atoms with Crippen LogP contribution in [0.25, 0.3) is 11.1 Å². The van der Waals surface area contributed by atoms with E-state index in [4.69, 9.17) is 0 Å². The summed E-state index contributed by atoms with van der Waals surface area (Å²) in [6.07, 6.45) is 8.63. The van der Waals surface area contributed by atoms with Crippen molar-refractivity contribution in [2.24, 2.45) is 5.92 Å². The van der Waals surface area contributed by atoms with E-state index < -0.39 is 0 Å². The molecule has 3 rings (SSSR count). The Balaban J connectivity index is 1.73. The van der Waals surface area contributed by atoms with Crippen LogP contribution in [0.1, 0.15) is 56.1 Å². The van der Waals surface area contributed by atoms with Gasteiger partial charge in [-0.1, -0.05) is 62.2 Å². The molecule has 1 fully saturated rings. The molecule has 2 aromatic rings. The number of aryl methyl sites for hydroxylation is 1. The van der Waals surface area contributed by atoms with Crippen LogP contribution in [-0.2, 0) is 6.42 Å². The van der Waals surface area contributed by atoms with Gasteiger partial charge in [-0.25, -0.2) is 4.39 Å². The Morgan fingerprint density at radius 2 is 1.67 bits per heavy atom. The fraction of sp³-hybridized carbons (Fsp3) is 0.391. The van der Waals surface area contributed by atoms with Gasteiger partial charge in [0.1, 0.15) is 5.82 Å². The van der Waals surface area contributed by atoms with Crippen molar-refractivity contribution in [2.75, 3.05) is 0 Å². The van der Waals surface area contributed by atoms with Gasteiger partial charge in [-0.05, 0) is 65.8 Å². The molecule has 0 heterocycles. The van der Waals surface area contributed by atoms with Crippen LogP contribution in [0.15, 0.2) is 55.1 Å². The van der Waals surface area contributed by atoms with Crippen LogP contribution in [0.5, 0.6) is 0 Å². The second-order valence-electron chi connectivity index (χ2n) is 7.21. The maximum Gasteiger partial charge on any atom is 0.127 e. The Kier molecular flexibility index (Phi) is 5.50. The zero-order chi connectivity index (χ0) is 16.9. The van der Waals surface area contributed by atoms with Crippen LogP contribution in [0.3, 0.4) is 0 Å². The molecule has 0 atom stereocenters. The maximum absolute atomic E-state index is 14.2. The lowest BCUT2D eigenvalue weighted by Crippen LogP contribution is -2.10. The lowest BCUT2D eigenvalue weighted by atomic mass is 9.79. The molecular weight excluding hydrogens is 295 g/mol. The number of hydrogen-bond donors (Lipinski definition) is 0. The van der Waals surface area contributed by atoms with Crippen LogP contribution in [0.2, 0.25) is 0 Å². The number of benzene rings is 2. The fourth-order valence-electron chi connectivity index (χ4n) is 3.73. The largest absolute Gasteiger partial charge is 0.207 e. The topological polar surface area (TPSA) is 0 Å². The zero-order valence-corrected chi connectivity index (χ0v) is 14.6. The van der Waals surface area contributed by atoms with Crippen LogP contribution in [0.4, 0.5) is 4.39 Å². The van der Waals surface area contributed by atoms with Crippen molar-refractivity contribution in [2.45, 2.75) is 51.4 Å². The molecular formula is C23H27F. The van der Waals surface area contributed by atoms with Crippen LogP contribution >= 0.6 is 0 Å². The smallest absolute Gasteiger partial charge is 0.127 e. The lowest BCUT2D eigenvalue weighted by Gasteiger charge is -2.26. The molecule has 0 spiro atoms. The second-order valence-corrected chi connectivity index (χ2v) is 7.21. The van der Waals surface area contributed by atoms with E-state index >= 15 is 0 Å². The van der Waals surface area contributed by atoms with Crippen molar-refractivity contribution in [3.8, 4) is 11.1 Å². The van der Waals surface area contributed by atoms with Gasteiger partial charge in [-0.15, -0.1) is 6.58 Å². The van der Waals surface area contributed by atoms with E-state index in [1.165, 1.54) is 31.2 Å². The summed E-state index contributed by atoms with van der Waals surface area (Å²) in [5.41, 5.74) is 4.26. The van der Waals surface area contributed by atoms with Crippen molar-refractivity contribution in [1.29, 1.82) is 0 Å². The van der Waals surface area contributed by atoms with Gasteiger partial charge in [-0.2, -0.15) is 0 Å². The fourth-order valence-corrected chi connectivity index (χ4v) is 3.73. The van der Waals surface area contributed by atoms with Crippen molar-refractivity contribution in [3.05, 3.63) is 72.1 Å². The highest BCUT2D eigenvalue weighted by Crippen LogP contribution is 2.36. The highest BCUT2D eigenvalue weighted by Gasteiger charge is 2.19. The van der Waals surface area contributed by atoms with E-state index in [9.17, 15) is 4.39 Å². The third kappa shape index (κ3) is 3.95. The van der Waals surface area contributed by atoms with E-state index in [-0.39, 0.29) is 5.82 Å². The summed E-state index contributed by atoms with van der Waals surface area (Å²) in [4.78, 5) is 0. The first-order valence-electron chi connectivity index (χ1n) is 9.17. The highest BCUT2D eigenvalue weighted by atomic mass is 19.1. The summed E-state index contributed by atoms with van der Waals surface area (Å²) in [5, 5.41) is 0. The first kappa shape index (κ1) is 17.0. The molecule has 24 heavy (non-hydrogen) atoms. The van der Waals surface area contributed by atoms with Gasteiger partial charge in [0.25, 0.3) is 0 Å². The molecule has 126 valence electrons. The number of hydrogen-bond acceptors (Lipinski definition) is 0. The molecule has 0 unspecified atom stereocenters. The third-order valence-electron chi connectivity index (χ3n) is 5.40. The average Bonchev–Trinajstić information content (AvgIpc) is 2.61. The van der Waals surface area contributed by atoms with Crippen molar-refractivity contribution in [1.82, 2.24) is 0 Å². The average molecular weight is 322 g/mol. The minimum atomic E-state index is -0.111. The van der Waals surface area contributed by atoms with Gasteiger partial charge in [-0.3, -0.25) is 0 Å². The molecule has 2 aromatic carbocycles. The Hall–Kier alpha value is -1.89. The zero-order valence-electron chi connectivity index (χ0n) is 14.6. The highest BCUT2D eigenvalue weighted by molar-refractivity contribution is 5.64. The van der Waals surface area contributed by atoms with E-state index in [2.05, 4.69) is 37.8 Å². The van der Waals surface area contributed by atoms with Gasteiger partial charge in [0.15, 0.2) is 0 Å². The van der Waals surface area contributed by atoms with Gasteiger partial charge in [0.05, 0.1) is 0 Å². The summed E-state index contributed by atoms with van der Waals surface area (Å²) in [6.45, 7) is 6.05. The predicted molar refractivity (Wildman–Crippen MR) is 101 cm³/mol. The van der Waals surface area contributed by atoms with Gasteiger partial charge in [0.2, 0.25) is 0 Å². The summed E-state index contributed by atoms with van der Waals surface area (Å²) in [7, 11) is 0. The van der Waals surface area contributed by atoms with Gasteiger partial charge in [0, 0.05) is 0 Å². The van der Waals surface area contributed by atoms with Crippen molar-refractivity contribution >= 4 is 0 Å². The number of allylic oxidation sites excluding steroid dienone is 1. The molecule has 0 N–H and O–H groups in total. The molecule has 0 bridgehead atoms. The number of halogens is 1. The second kappa shape index (κ2) is 7.79. The van der Waals surface area contributed by atoms with E-state index in [0.29, 0.717) is 12.3 Å². The Morgan fingerprint density at radius 1 is 1.00 bits per heavy atom. The van der Waals surface area contributed by atoms with Gasteiger partial charge < -0.3 is 0 Å².